The molecule has 2 aromatic rings. The lowest BCUT2D eigenvalue weighted by molar-refractivity contribution is -0.137. The van der Waals surface area contributed by atoms with E-state index >= 15 is 0 Å². The van der Waals surface area contributed by atoms with Gasteiger partial charge in [0.2, 0.25) is 0 Å². The zero-order valence-corrected chi connectivity index (χ0v) is 17.4. The number of carbonyl (C=O) groups excluding carboxylic acids is 1. The van der Waals surface area contributed by atoms with Crippen molar-refractivity contribution in [2.24, 2.45) is 10.9 Å². The van der Waals surface area contributed by atoms with Crippen LogP contribution in [0.3, 0.4) is 0 Å². The highest BCUT2D eigenvalue weighted by molar-refractivity contribution is 5.93. The predicted octanol–water partition coefficient (Wildman–Crippen LogP) is 5.52. The molecule has 0 radical (unpaired) electrons. The number of urea groups is 1. The Morgan fingerprint density at radius 2 is 2.00 bits per heavy atom. The van der Waals surface area contributed by atoms with E-state index in [0.717, 1.165) is 36.8 Å². The first kappa shape index (κ1) is 22.0. The molecule has 3 heterocycles. The number of nitrogens with zero attached hydrogens (tertiary/aromatic N) is 3. The first-order chi connectivity index (χ1) is 15.2. The summed E-state index contributed by atoms with van der Waals surface area (Å²) in [6.45, 7) is 2.09. The molecular formula is C23H22F4N4O. The zero-order valence-electron chi connectivity index (χ0n) is 17.4. The van der Waals surface area contributed by atoms with E-state index in [4.69, 9.17) is 0 Å². The number of amides is 2. The highest BCUT2D eigenvalue weighted by atomic mass is 19.4. The molecule has 2 aliphatic heterocycles. The van der Waals surface area contributed by atoms with Crippen LogP contribution in [0.1, 0.15) is 30.9 Å². The van der Waals surface area contributed by atoms with Gasteiger partial charge < -0.3 is 0 Å². The largest absolute Gasteiger partial charge is 0.416 e. The molecule has 2 aliphatic rings. The van der Waals surface area contributed by atoms with Crippen molar-refractivity contribution in [1.82, 2.24) is 10.3 Å². The van der Waals surface area contributed by atoms with Crippen LogP contribution in [0.15, 0.2) is 53.3 Å². The molecule has 0 bridgehead atoms. The normalized spacial score (nSPS) is 20.9. The van der Waals surface area contributed by atoms with Crippen molar-refractivity contribution in [2.75, 3.05) is 11.4 Å². The molecule has 0 saturated heterocycles. The van der Waals surface area contributed by atoms with E-state index in [9.17, 15) is 22.4 Å². The quantitative estimate of drug-likeness (QED) is 0.618. The average molecular weight is 446 g/mol. The first-order valence-electron chi connectivity index (χ1n) is 10.4. The molecule has 2 amide bonds. The van der Waals surface area contributed by atoms with Gasteiger partial charge in [-0.2, -0.15) is 13.2 Å². The summed E-state index contributed by atoms with van der Waals surface area (Å²) >= 11 is 0. The molecule has 2 atom stereocenters. The Kier molecular flexibility index (Phi) is 5.99. The molecule has 0 fully saturated rings. The molecule has 5 nitrogen and oxygen atoms in total. The topological polar surface area (TPSA) is 57.6 Å². The maximum Gasteiger partial charge on any atom is 0.416 e. The van der Waals surface area contributed by atoms with Crippen LogP contribution >= 0.6 is 0 Å². The van der Waals surface area contributed by atoms with E-state index in [1.165, 1.54) is 11.0 Å². The van der Waals surface area contributed by atoms with E-state index in [1.807, 2.05) is 0 Å². The Hall–Kier alpha value is -3.23. The van der Waals surface area contributed by atoms with Gasteiger partial charge in [0.1, 0.15) is 17.8 Å². The molecule has 0 saturated carbocycles. The highest BCUT2D eigenvalue weighted by Gasteiger charge is 2.31. The monoisotopic (exact) mass is 446 g/mol. The number of hydrogen-bond donors (Lipinski definition) is 1. The Bertz CT molecular complexity index is 1080. The summed E-state index contributed by atoms with van der Waals surface area (Å²) in [7, 11) is 0. The van der Waals surface area contributed by atoms with Gasteiger partial charge in [0.05, 0.1) is 11.3 Å². The Balaban J connectivity index is 1.65. The van der Waals surface area contributed by atoms with Gasteiger partial charge in [-0.1, -0.05) is 25.1 Å². The number of benzene rings is 1. The summed E-state index contributed by atoms with van der Waals surface area (Å²) in [5, 5.41) is 2.69. The van der Waals surface area contributed by atoms with Crippen LogP contribution in [0.25, 0.3) is 11.3 Å². The van der Waals surface area contributed by atoms with Crippen molar-refractivity contribution >= 4 is 18.1 Å². The molecule has 168 valence electrons. The third kappa shape index (κ3) is 4.66. The minimum absolute atomic E-state index is 0.260. The highest BCUT2D eigenvalue weighted by Crippen LogP contribution is 2.33. The number of allylic oxidation sites excluding steroid dienone is 1. The molecule has 0 spiro atoms. The van der Waals surface area contributed by atoms with Gasteiger partial charge in [0.25, 0.3) is 0 Å². The maximum atomic E-state index is 13.6. The number of halogens is 4. The fourth-order valence-electron chi connectivity index (χ4n) is 3.73. The van der Waals surface area contributed by atoms with Gasteiger partial charge in [0.15, 0.2) is 0 Å². The number of aryl methyl sites for hydroxylation is 1. The Labute approximate surface area is 182 Å². The second kappa shape index (κ2) is 8.72. The zero-order chi connectivity index (χ0) is 22.9. The molecule has 1 N–H and O–H groups in total. The summed E-state index contributed by atoms with van der Waals surface area (Å²) in [4.78, 5) is 23.0. The maximum absolute atomic E-state index is 13.6. The summed E-state index contributed by atoms with van der Waals surface area (Å²) in [6.07, 6.45) is -0.662. The van der Waals surface area contributed by atoms with Gasteiger partial charge in [-0.05, 0) is 49.1 Å². The van der Waals surface area contributed by atoms with E-state index in [-0.39, 0.29) is 5.82 Å². The third-order valence-electron chi connectivity index (χ3n) is 5.53. The molecule has 0 aliphatic carbocycles. The van der Waals surface area contributed by atoms with Crippen LogP contribution in [-0.4, -0.2) is 29.9 Å². The van der Waals surface area contributed by atoms with Gasteiger partial charge in [-0.25, -0.2) is 19.2 Å². The number of anilines is 1. The van der Waals surface area contributed by atoms with E-state index in [1.54, 1.807) is 31.2 Å². The average Bonchev–Trinajstić information content (AvgIpc) is 2.98. The number of hydrogen-bond acceptors (Lipinski definition) is 3. The number of fused-ring (bicyclic) bond motifs is 1. The number of pyridine rings is 1. The standard InChI is InChI=1S/C23H22F4N4O/c1-14-11-20(28-13-18(14)24)30-22(32)31-10-3-2-5-15-8-9-19(29-21(15)31)16-6-4-7-17(12-16)23(25,26)27/h4,6-9,11-14,18H,2-3,5,10H2,1H3,(H,30,32). The predicted molar refractivity (Wildman–Crippen MR) is 114 cm³/mol. The number of alkyl halides is 4. The smallest absolute Gasteiger partial charge is 0.292 e. The molecule has 2 unspecified atom stereocenters. The van der Waals surface area contributed by atoms with Crippen molar-refractivity contribution in [2.45, 2.75) is 38.5 Å². The minimum atomic E-state index is -4.46. The van der Waals surface area contributed by atoms with Gasteiger partial charge >= 0.3 is 12.2 Å². The van der Waals surface area contributed by atoms with Crippen LogP contribution in [0.5, 0.6) is 0 Å². The van der Waals surface area contributed by atoms with E-state index < -0.39 is 29.9 Å². The second-order valence-electron chi connectivity index (χ2n) is 7.93. The van der Waals surface area contributed by atoms with Gasteiger partial charge in [-0.3, -0.25) is 10.2 Å². The molecule has 1 aromatic carbocycles. The fraction of sp³-hybridized carbons (Fsp3) is 0.348. The Morgan fingerprint density at radius 1 is 1.19 bits per heavy atom. The summed E-state index contributed by atoms with van der Waals surface area (Å²) in [5.41, 5.74) is 0.739. The van der Waals surface area contributed by atoms with Crippen LogP contribution in [0.4, 0.5) is 28.2 Å². The number of carbonyl (C=O) groups is 1. The molecule has 4 rings (SSSR count). The Morgan fingerprint density at radius 3 is 2.75 bits per heavy atom. The van der Waals surface area contributed by atoms with Crippen molar-refractivity contribution in [3.63, 3.8) is 0 Å². The lowest BCUT2D eigenvalue weighted by Gasteiger charge is -2.24. The second-order valence-corrected chi connectivity index (χ2v) is 7.93. The van der Waals surface area contributed by atoms with Gasteiger partial charge in [0, 0.05) is 24.2 Å². The van der Waals surface area contributed by atoms with Crippen LogP contribution in [0, 0.1) is 5.92 Å². The van der Waals surface area contributed by atoms with Crippen molar-refractivity contribution in [1.29, 1.82) is 0 Å². The van der Waals surface area contributed by atoms with Gasteiger partial charge in [-0.15, -0.1) is 0 Å². The summed E-state index contributed by atoms with van der Waals surface area (Å²) in [5.74, 6) is 0.257. The molecule has 32 heavy (non-hydrogen) atoms. The summed E-state index contributed by atoms with van der Waals surface area (Å²) in [6, 6.07) is 7.96. The van der Waals surface area contributed by atoms with Crippen LogP contribution in [-0.2, 0) is 12.6 Å². The van der Waals surface area contributed by atoms with Crippen molar-refractivity contribution in [3.8, 4) is 11.3 Å². The van der Waals surface area contributed by atoms with E-state index in [0.29, 0.717) is 30.0 Å². The number of nitrogens with one attached hydrogen (secondary N) is 1. The first-order valence-corrected chi connectivity index (χ1v) is 10.4. The van der Waals surface area contributed by atoms with Crippen molar-refractivity contribution < 1.29 is 22.4 Å². The minimum Gasteiger partial charge on any atom is -0.292 e. The lowest BCUT2D eigenvalue weighted by atomic mass is 10.0. The molecular weight excluding hydrogens is 424 g/mol. The lowest BCUT2D eigenvalue weighted by Crippen LogP contribution is -2.41. The molecule has 1 aromatic heterocycles. The number of aliphatic imine (C=N–C) groups is 1. The number of rotatable bonds is 2. The fourth-order valence-corrected chi connectivity index (χ4v) is 3.73. The summed E-state index contributed by atoms with van der Waals surface area (Å²) < 4.78 is 53.0. The van der Waals surface area contributed by atoms with Crippen LogP contribution < -0.4 is 10.2 Å². The number of aromatic nitrogens is 1. The van der Waals surface area contributed by atoms with Crippen LogP contribution in [0.2, 0.25) is 0 Å². The molecule has 9 heteroatoms. The van der Waals surface area contributed by atoms with E-state index in [2.05, 4.69) is 15.3 Å². The SMILES string of the molecule is CC1C=C(NC(=O)N2CCCCc3ccc(-c4cccc(C(F)(F)F)c4)nc32)N=CC1F. The van der Waals surface area contributed by atoms with Crippen molar-refractivity contribution in [3.05, 3.63) is 59.4 Å². The third-order valence-corrected chi connectivity index (χ3v) is 5.53.